The molecule has 2 N–H and O–H groups in total. The highest BCUT2D eigenvalue weighted by Crippen LogP contribution is 2.21. The molecule has 0 saturated carbocycles. The van der Waals surface area contributed by atoms with Crippen molar-refractivity contribution < 1.29 is 9.53 Å². The van der Waals surface area contributed by atoms with E-state index in [1.807, 2.05) is 0 Å². The molecule has 0 aromatic carbocycles. The summed E-state index contributed by atoms with van der Waals surface area (Å²) in [5.41, 5.74) is 5.82. The third kappa shape index (κ3) is 2.78. The maximum atomic E-state index is 10.7. The van der Waals surface area contributed by atoms with Crippen LogP contribution in [0.3, 0.4) is 0 Å². The quantitative estimate of drug-likeness (QED) is 0.748. The number of primary amides is 1. The molecule has 1 amide bonds. The first-order valence-electron chi connectivity index (χ1n) is 3.95. The predicted molar refractivity (Wildman–Crippen MR) is 52.8 cm³/mol. The van der Waals surface area contributed by atoms with Crippen molar-refractivity contribution in [1.82, 2.24) is 15.0 Å². The third-order valence-corrected chi connectivity index (χ3v) is 2.32. The molecule has 1 atom stereocenters. The van der Waals surface area contributed by atoms with Crippen LogP contribution in [0.4, 0.5) is 0 Å². The van der Waals surface area contributed by atoms with Gasteiger partial charge in [-0.3, -0.25) is 4.79 Å². The highest BCUT2D eigenvalue weighted by molar-refractivity contribution is 9.09. The largest absolute Gasteiger partial charge is 0.383 e. The summed E-state index contributed by atoms with van der Waals surface area (Å²) >= 11 is 3.39. The number of alkyl halides is 1. The number of rotatable bonds is 5. The van der Waals surface area contributed by atoms with Crippen molar-refractivity contribution in [1.29, 1.82) is 0 Å². The van der Waals surface area contributed by atoms with Crippen LogP contribution < -0.4 is 5.73 Å². The number of amides is 1. The molecule has 1 rings (SSSR count). The number of hydrogen-bond donors (Lipinski definition) is 1. The molecule has 0 aliphatic heterocycles. The lowest BCUT2D eigenvalue weighted by molar-refractivity contribution is -0.118. The molecule has 0 spiro atoms. The Bertz CT molecular complexity index is 314. The molecule has 78 valence electrons. The number of halogens is 1. The average molecular weight is 263 g/mol. The van der Waals surface area contributed by atoms with Gasteiger partial charge >= 0.3 is 0 Å². The van der Waals surface area contributed by atoms with E-state index in [2.05, 4.69) is 26.2 Å². The topological polar surface area (TPSA) is 83.0 Å². The lowest BCUT2D eigenvalue weighted by Gasteiger charge is -2.09. The summed E-state index contributed by atoms with van der Waals surface area (Å²) in [5, 5.41) is 7.44. The van der Waals surface area contributed by atoms with Gasteiger partial charge in [0.1, 0.15) is 6.54 Å². The van der Waals surface area contributed by atoms with Gasteiger partial charge in [-0.05, 0) is 0 Å². The van der Waals surface area contributed by atoms with Gasteiger partial charge in [-0.2, -0.15) is 0 Å². The molecule has 1 aromatic rings. The molecule has 6 nitrogen and oxygen atoms in total. The van der Waals surface area contributed by atoms with Crippen molar-refractivity contribution in [2.24, 2.45) is 5.73 Å². The number of ether oxygens (including phenoxy) is 1. The van der Waals surface area contributed by atoms with Crippen LogP contribution in [0.2, 0.25) is 0 Å². The fourth-order valence-electron chi connectivity index (χ4n) is 1.01. The molecular weight excluding hydrogens is 252 g/mol. The highest BCUT2D eigenvalue weighted by atomic mass is 79.9. The van der Waals surface area contributed by atoms with Gasteiger partial charge in [-0.15, -0.1) is 5.10 Å². The van der Waals surface area contributed by atoms with Crippen molar-refractivity contribution in [3.8, 4) is 0 Å². The first-order chi connectivity index (χ1) is 6.65. The number of nitrogens with zero attached hydrogens (tertiary/aromatic N) is 3. The van der Waals surface area contributed by atoms with Crippen LogP contribution in [0.1, 0.15) is 10.5 Å². The van der Waals surface area contributed by atoms with E-state index < -0.39 is 5.91 Å². The molecule has 7 heteroatoms. The van der Waals surface area contributed by atoms with Crippen molar-refractivity contribution >= 4 is 21.8 Å². The minimum absolute atomic E-state index is 0.0289. The van der Waals surface area contributed by atoms with Gasteiger partial charge in [0.2, 0.25) is 5.91 Å². The van der Waals surface area contributed by atoms with E-state index in [1.165, 1.54) is 4.68 Å². The van der Waals surface area contributed by atoms with Crippen LogP contribution in [0, 0.1) is 0 Å². The Morgan fingerprint density at radius 3 is 3.14 bits per heavy atom. The molecule has 0 fully saturated rings. The Balaban J connectivity index is 2.75. The van der Waals surface area contributed by atoms with Gasteiger partial charge in [0, 0.05) is 7.11 Å². The van der Waals surface area contributed by atoms with Gasteiger partial charge in [-0.1, -0.05) is 21.1 Å². The Morgan fingerprint density at radius 1 is 1.86 bits per heavy atom. The lowest BCUT2D eigenvalue weighted by Crippen LogP contribution is -2.21. The molecular formula is C7H11BrN4O2. The molecule has 0 bridgehead atoms. The SMILES string of the molecule is COCC(Br)c1cnnn1CC(N)=O. The number of methoxy groups -OCH3 is 1. The standard InChI is InChI=1S/C7H11BrN4O2/c1-14-4-5(8)6-2-10-11-12(6)3-7(9)13/h2,5H,3-4H2,1H3,(H2,9,13). The second-order valence-corrected chi connectivity index (χ2v) is 3.81. The second kappa shape index (κ2) is 5.06. The second-order valence-electron chi connectivity index (χ2n) is 2.71. The minimum atomic E-state index is -0.450. The van der Waals surface area contributed by atoms with E-state index in [4.69, 9.17) is 10.5 Å². The van der Waals surface area contributed by atoms with E-state index in [-0.39, 0.29) is 11.4 Å². The molecule has 1 heterocycles. The van der Waals surface area contributed by atoms with E-state index in [1.54, 1.807) is 13.3 Å². The predicted octanol–water partition coefficient (Wildman–Crippen LogP) is -0.154. The van der Waals surface area contributed by atoms with Crippen molar-refractivity contribution in [3.05, 3.63) is 11.9 Å². The molecule has 1 aromatic heterocycles. The lowest BCUT2D eigenvalue weighted by atomic mass is 10.3. The van der Waals surface area contributed by atoms with Gasteiger partial charge in [0.05, 0.1) is 23.3 Å². The summed E-state index contributed by atoms with van der Waals surface area (Å²) in [7, 11) is 1.59. The summed E-state index contributed by atoms with van der Waals surface area (Å²) in [4.78, 5) is 10.6. The Labute approximate surface area is 89.5 Å². The summed E-state index contributed by atoms with van der Waals surface area (Å²) in [6.45, 7) is 0.507. The van der Waals surface area contributed by atoms with Crippen molar-refractivity contribution in [3.63, 3.8) is 0 Å². The number of carbonyl (C=O) groups is 1. The van der Waals surface area contributed by atoms with Crippen LogP contribution in [0.25, 0.3) is 0 Å². The Hall–Kier alpha value is -0.950. The van der Waals surface area contributed by atoms with Crippen LogP contribution in [-0.4, -0.2) is 34.6 Å². The van der Waals surface area contributed by atoms with Crippen LogP contribution >= 0.6 is 15.9 Å². The average Bonchev–Trinajstić information content (AvgIpc) is 2.51. The van der Waals surface area contributed by atoms with Crippen LogP contribution in [0.15, 0.2) is 6.20 Å². The van der Waals surface area contributed by atoms with E-state index in [0.717, 1.165) is 5.69 Å². The summed E-state index contributed by atoms with van der Waals surface area (Å²) in [6.07, 6.45) is 1.57. The molecule has 14 heavy (non-hydrogen) atoms. The Morgan fingerprint density at radius 2 is 2.57 bits per heavy atom. The van der Waals surface area contributed by atoms with Gasteiger partial charge in [0.25, 0.3) is 0 Å². The zero-order chi connectivity index (χ0) is 10.6. The van der Waals surface area contributed by atoms with Gasteiger partial charge in [-0.25, -0.2) is 4.68 Å². The van der Waals surface area contributed by atoms with Crippen molar-refractivity contribution in [2.45, 2.75) is 11.4 Å². The smallest absolute Gasteiger partial charge is 0.239 e. The number of hydrogen-bond acceptors (Lipinski definition) is 4. The van der Waals surface area contributed by atoms with Crippen LogP contribution in [0.5, 0.6) is 0 Å². The van der Waals surface area contributed by atoms with E-state index in [9.17, 15) is 4.79 Å². The zero-order valence-corrected chi connectivity index (χ0v) is 9.27. The number of aromatic nitrogens is 3. The fourth-order valence-corrected chi connectivity index (χ4v) is 1.63. The molecule has 0 aliphatic carbocycles. The van der Waals surface area contributed by atoms with Gasteiger partial charge < -0.3 is 10.5 Å². The first kappa shape index (κ1) is 11.1. The number of carbonyl (C=O) groups excluding carboxylic acids is 1. The van der Waals surface area contributed by atoms with Gasteiger partial charge in [0.15, 0.2) is 0 Å². The monoisotopic (exact) mass is 262 g/mol. The maximum absolute atomic E-state index is 10.7. The molecule has 0 aliphatic rings. The Kier molecular flexibility index (Phi) is 4.02. The number of nitrogens with two attached hydrogens (primary N) is 1. The summed E-state index contributed by atoms with van der Waals surface area (Å²) < 4.78 is 6.40. The molecule has 0 saturated heterocycles. The highest BCUT2D eigenvalue weighted by Gasteiger charge is 2.14. The minimum Gasteiger partial charge on any atom is -0.383 e. The third-order valence-electron chi connectivity index (χ3n) is 1.59. The summed E-state index contributed by atoms with van der Waals surface area (Å²) in [5.74, 6) is -0.450. The van der Waals surface area contributed by atoms with Crippen LogP contribution in [-0.2, 0) is 16.1 Å². The molecule has 0 radical (unpaired) electrons. The fraction of sp³-hybridized carbons (Fsp3) is 0.571. The maximum Gasteiger partial charge on any atom is 0.239 e. The van der Waals surface area contributed by atoms with E-state index >= 15 is 0 Å². The summed E-state index contributed by atoms with van der Waals surface area (Å²) in [6, 6.07) is 0. The molecule has 1 unspecified atom stereocenters. The normalized spacial score (nSPS) is 12.7. The first-order valence-corrected chi connectivity index (χ1v) is 4.86. The van der Waals surface area contributed by atoms with E-state index in [0.29, 0.717) is 6.61 Å². The van der Waals surface area contributed by atoms with Crippen molar-refractivity contribution in [2.75, 3.05) is 13.7 Å². The zero-order valence-electron chi connectivity index (χ0n) is 7.68.